The largest absolute Gasteiger partial charge is 0.462 e. The van der Waals surface area contributed by atoms with Gasteiger partial charge in [0.15, 0.2) is 0 Å². The number of fused-ring (bicyclic) bond motifs is 1. The van der Waals surface area contributed by atoms with E-state index in [1.807, 2.05) is 0 Å². The SMILES string of the molecule is CCOC(=O)c1cn(CCCO)c(=O)c2cc(Cl)ccc12. The molecule has 0 aliphatic carbocycles. The number of esters is 1. The van der Waals surface area contributed by atoms with Gasteiger partial charge in [0.2, 0.25) is 0 Å². The molecule has 2 rings (SSSR count). The highest BCUT2D eigenvalue weighted by molar-refractivity contribution is 6.31. The first-order valence-electron chi connectivity index (χ1n) is 6.69. The summed E-state index contributed by atoms with van der Waals surface area (Å²) in [5, 5.41) is 10.2. The maximum absolute atomic E-state index is 12.4. The molecule has 2 aromatic rings. The Morgan fingerprint density at radius 2 is 2.14 bits per heavy atom. The van der Waals surface area contributed by atoms with Crippen molar-refractivity contribution in [2.24, 2.45) is 0 Å². The number of aliphatic hydroxyl groups excluding tert-OH is 1. The molecule has 1 N–H and O–H groups in total. The lowest BCUT2D eigenvalue weighted by atomic mass is 10.1. The van der Waals surface area contributed by atoms with Crippen LogP contribution in [0.25, 0.3) is 10.8 Å². The van der Waals surface area contributed by atoms with Crippen molar-refractivity contribution >= 4 is 28.3 Å². The highest BCUT2D eigenvalue weighted by Crippen LogP contribution is 2.21. The van der Waals surface area contributed by atoms with E-state index in [0.717, 1.165) is 0 Å². The van der Waals surface area contributed by atoms with E-state index in [4.69, 9.17) is 21.4 Å². The van der Waals surface area contributed by atoms with Crippen molar-refractivity contribution in [3.05, 3.63) is 45.3 Å². The summed E-state index contributed by atoms with van der Waals surface area (Å²) >= 11 is 5.94. The van der Waals surface area contributed by atoms with Crippen LogP contribution in [0.3, 0.4) is 0 Å². The number of hydrogen-bond donors (Lipinski definition) is 1. The van der Waals surface area contributed by atoms with Gasteiger partial charge >= 0.3 is 5.97 Å². The molecule has 1 aromatic heterocycles. The summed E-state index contributed by atoms with van der Waals surface area (Å²) in [6, 6.07) is 4.81. The minimum Gasteiger partial charge on any atom is -0.462 e. The maximum Gasteiger partial charge on any atom is 0.340 e. The van der Waals surface area contributed by atoms with Crippen LogP contribution in [-0.2, 0) is 11.3 Å². The minimum absolute atomic E-state index is 0.0330. The van der Waals surface area contributed by atoms with Crippen LogP contribution in [0.15, 0.2) is 29.2 Å². The summed E-state index contributed by atoms with van der Waals surface area (Å²) in [6.07, 6.45) is 1.90. The van der Waals surface area contributed by atoms with E-state index in [0.29, 0.717) is 34.3 Å². The number of pyridine rings is 1. The topological polar surface area (TPSA) is 68.5 Å². The molecule has 1 aromatic carbocycles. The predicted molar refractivity (Wildman–Crippen MR) is 80.9 cm³/mol. The molecule has 0 amide bonds. The number of halogens is 1. The quantitative estimate of drug-likeness (QED) is 0.860. The van der Waals surface area contributed by atoms with Gasteiger partial charge in [0.25, 0.3) is 5.56 Å². The van der Waals surface area contributed by atoms with E-state index in [2.05, 4.69) is 0 Å². The van der Waals surface area contributed by atoms with E-state index < -0.39 is 5.97 Å². The van der Waals surface area contributed by atoms with Crippen molar-refractivity contribution in [3.8, 4) is 0 Å². The van der Waals surface area contributed by atoms with Gasteiger partial charge in [-0.1, -0.05) is 17.7 Å². The van der Waals surface area contributed by atoms with Gasteiger partial charge in [0.05, 0.1) is 12.2 Å². The molecule has 21 heavy (non-hydrogen) atoms. The highest BCUT2D eigenvalue weighted by Gasteiger charge is 2.16. The Morgan fingerprint density at radius 1 is 1.38 bits per heavy atom. The molecule has 0 bridgehead atoms. The number of carbonyl (C=O) groups excluding carboxylic acids is 1. The number of aryl methyl sites for hydroxylation is 1. The van der Waals surface area contributed by atoms with E-state index >= 15 is 0 Å². The first-order chi connectivity index (χ1) is 10.1. The van der Waals surface area contributed by atoms with E-state index in [9.17, 15) is 9.59 Å². The lowest BCUT2D eigenvalue weighted by Gasteiger charge is -2.11. The lowest BCUT2D eigenvalue weighted by Crippen LogP contribution is -2.23. The average molecular weight is 310 g/mol. The number of hydrogen-bond acceptors (Lipinski definition) is 4. The Kier molecular flexibility index (Phi) is 4.98. The van der Waals surface area contributed by atoms with Gasteiger partial charge in [-0.05, 0) is 25.5 Å². The predicted octanol–water partition coefficient (Wildman–Crippen LogP) is 2.21. The number of aromatic nitrogens is 1. The first-order valence-corrected chi connectivity index (χ1v) is 7.07. The molecule has 112 valence electrons. The number of ether oxygens (including phenoxy) is 1. The van der Waals surface area contributed by atoms with Gasteiger partial charge in [-0.15, -0.1) is 0 Å². The summed E-state index contributed by atoms with van der Waals surface area (Å²) in [6.45, 7) is 2.27. The fraction of sp³-hybridized carbons (Fsp3) is 0.333. The molecule has 0 saturated heterocycles. The van der Waals surface area contributed by atoms with Crippen molar-refractivity contribution in [1.82, 2.24) is 4.57 Å². The molecule has 1 heterocycles. The van der Waals surface area contributed by atoms with Gasteiger partial charge in [-0.3, -0.25) is 4.79 Å². The molecule has 0 aliphatic heterocycles. The summed E-state index contributed by atoms with van der Waals surface area (Å²) in [5.41, 5.74) is 0.0788. The minimum atomic E-state index is -0.484. The first kappa shape index (κ1) is 15.5. The van der Waals surface area contributed by atoms with Crippen LogP contribution in [0, 0.1) is 0 Å². The van der Waals surface area contributed by atoms with Crippen LogP contribution in [-0.4, -0.2) is 28.9 Å². The second kappa shape index (κ2) is 6.74. The molecule has 6 heteroatoms. The van der Waals surface area contributed by atoms with Crippen LogP contribution in [0.2, 0.25) is 5.02 Å². The third-order valence-corrected chi connectivity index (χ3v) is 3.34. The number of rotatable bonds is 5. The number of nitrogens with zero attached hydrogens (tertiary/aromatic N) is 1. The molecule has 0 unspecified atom stereocenters. The van der Waals surface area contributed by atoms with Gasteiger partial charge < -0.3 is 14.4 Å². The molecule has 0 radical (unpaired) electrons. The molecule has 0 fully saturated rings. The highest BCUT2D eigenvalue weighted by atomic mass is 35.5. The van der Waals surface area contributed by atoms with Crippen molar-refractivity contribution in [3.63, 3.8) is 0 Å². The summed E-state index contributed by atoms with van der Waals surface area (Å²) < 4.78 is 6.43. The molecule has 5 nitrogen and oxygen atoms in total. The van der Waals surface area contributed by atoms with Gasteiger partial charge in [0.1, 0.15) is 0 Å². The van der Waals surface area contributed by atoms with Gasteiger partial charge in [-0.25, -0.2) is 4.79 Å². The van der Waals surface area contributed by atoms with Crippen LogP contribution >= 0.6 is 11.6 Å². The molecule has 0 spiro atoms. The second-order valence-corrected chi connectivity index (χ2v) is 4.97. The third-order valence-electron chi connectivity index (χ3n) is 3.10. The fourth-order valence-electron chi connectivity index (χ4n) is 2.15. The number of benzene rings is 1. The summed E-state index contributed by atoms with van der Waals surface area (Å²) in [5.74, 6) is -0.484. The molecular weight excluding hydrogens is 294 g/mol. The van der Waals surface area contributed by atoms with Crippen molar-refractivity contribution in [2.45, 2.75) is 19.9 Å². The van der Waals surface area contributed by atoms with Crippen molar-refractivity contribution in [1.29, 1.82) is 0 Å². The molecule has 0 atom stereocenters. The van der Waals surface area contributed by atoms with Crippen LogP contribution in [0.4, 0.5) is 0 Å². The molecular formula is C15H16ClNO4. The zero-order valence-corrected chi connectivity index (χ0v) is 12.4. The molecule has 0 aliphatic rings. The fourth-order valence-corrected chi connectivity index (χ4v) is 2.32. The summed E-state index contributed by atoms with van der Waals surface area (Å²) in [4.78, 5) is 24.5. The maximum atomic E-state index is 12.4. The Balaban J connectivity index is 2.68. The Hall–Kier alpha value is -1.85. The number of carbonyl (C=O) groups is 1. The summed E-state index contributed by atoms with van der Waals surface area (Å²) in [7, 11) is 0. The molecule has 0 saturated carbocycles. The zero-order valence-electron chi connectivity index (χ0n) is 11.6. The average Bonchev–Trinajstić information content (AvgIpc) is 2.47. The van der Waals surface area contributed by atoms with Crippen LogP contribution < -0.4 is 5.56 Å². The van der Waals surface area contributed by atoms with Gasteiger partial charge in [0, 0.05) is 35.1 Å². The van der Waals surface area contributed by atoms with E-state index in [-0.39, 0.29) is 18.8 Å². The zero-order chi connectivity index (χ0) is 15.4. The van der Waals surface area contributed by atoms with Crippen LogP contribution in [0.1, 0.15) is 23.7 Å². The third kappa shape index (κ3) is 3.25. The Bertz CT molecular complexity index is 723. The second-order valence-electron chi connectivity index (χ2n) is 4.53. The smallest absolute Gasteiger partial charge is 0.340 e. The van der Waals surface area contributed by atoms with Gasteiger partial charge in [-0.2, -0.15) is 0 Å². The van der Waals surface area contributed by atoms with E-state index in [1.54, 1.807) is 19.1 Å². The lowest BCUT2D eigenvalue weighted by molar-refractivity contribution is 0.0527. The van der Waals surface area contributed by atoms with Crippen molar-refractivity contribution < 1.29 is 14.6 Å². The van der Waals surface area contributed by atoms with Crippen molar-refractivity contribution in [2.75, 3.05) is 13.2 Å². The normalized spacial score (nSPS) is 10.8. The Morgan fingerprint density at radius 3 is 2.81 bits per heavy atom. The monoisotopic (exact) mass is 309 g/mol. The number of aliphatic hydroxyl groups is 1. The van der Waals surface area contributed by atoms with E-state index in [1.165, 1.54) is 16.8 Å². The standard InChI is InChI=1S/C15H16ClNO4/c1-2-21-15(20)13-9-17(6-3-7-18)14(19)12-8-10(16)4-5-11(12)13/h4-5,8-9,18H,2-3,6-7H2,1H3. The van der Waals surface area contributed by atoms with Crippen LogP contribution in [0.5, 0.6) is 0 Å². The Labute approximate surface area is 126 Å².